The normalized spacial score (nSPS) is 18.2. The second-order valence-corrected chi connectivity index (χ2v) is 13.7. The summed E-state index contributed by atoms with van der Waals surface area (Å²) in [6.45, 7) is 8.71. The first-order valence-electron chi connectivity index (χ1n) is 15.9. The first-order chi connectivity index (χ1) is 21.1. The van der Waals surface area contributed by atoms with E-state index in [0.29, 0.717) is 43.8 Å². The Hall–Kier alpha value is -2.82. The number of halogens is 1. The summed E-state index contributed by atoms with van der Waals surface area (Å²) in [7, 11) is 0. The number of hydrogen-bond acceptors (Lipinski definition) is 7. The van der Waals surface area contributed by atoms with Gasteiger partial charge in [0, 0.05) is 24.1 Å². The molecule has 2 aromatic rings. The third-order valence-electron chi connectivity index (χ3n) is 8.02. The molecule has 1 aliphatic heterocycles. The molecule has 1 saturated carbocycles. The van der Waals surface area contributed by atoms with Crippen molar-refractivity contribution >= 4 is 33.6 Å². The molecule has 2 aliphatic rings. The number of nitrogens with one attached hydrogen (secondary N) is 2. The lowest BCUT2D eigenvalue weighted by atomic mass is 9.84. The zero-order chi connectivity index (χ0) is 31.5. The summed E-state index contributed by atoms with van der Waals surface area (Å²) in [6, 6.07) is 11.7. The number of benzene rings is 2. The van der Waals surface area contributed by atoms with Crippen LogP contribution in [0.1, 0.15) is 70.4 Å². The van der Waals surface area contributed by atoms with E-state index >= 15 is 0 Å². The fourth-order valence-corrected chi connectivity index (χ4v) is 6.28. The van der Waals surface area contributed by atoms with Gasteiger partial charge in [0.05, 0.1) is 12.7 Å². The van der Waals surface area contributed by atoms with E-state index in [1.165, 1.54) is 30.9 Å². The molecular formula is C34H48BrN3O6. The Labute approximate surface area is 270 Å². The number of hydrogen-bond donors (Lipinski definition) is 3. The molecule has 2 aromatic carbocycles. The van der Waals surface area contributed by atoms with Gasteiger partial charge in [-0.25, -0.2) is 4.79 Å². The van der Waals surface area contributed by atoms with Crippen LogP contribution in [0.3, 0.4) is 0 Å². The van der Waals surface area contributed by atoms with Crippen LogP contribution in [0.2, 0.25) is 0 Å². The summed E-state index contributed by atoms with van der Waals surface area (Å²) in [6.07, 6.45) is 8.48. The number of aromatic hydroxyl groups is 1. The molecule has 2 amide bonds. The average Bonchev–Trinajstić information content (AvgIpc) is 2.97. The van der Waals surface area contributed by atoms with Gasteiger partial charge >= 0.3 is 6.09 Å². The lowest BCUT2D eigenvalue weighted by Crippen LogP contribution is -2.41. The van der Waals surface area contributed by atoms with Gasteiger partial charge in [0.25, 0.3) is 5.91 Å². The SMILES string of the molecule is CC(C)(C)OC(=O)N(CCNCCCC1CCCC(OCCc2cccc(Br)c2)C1)CCc1ccc(O)c2c1OCC(=O)N2. The van der Waals surface area contributed by atoms with E-state index in [-0.39, 0.29) is 30.0 Å². The highest BCUT2D eigenvalue weighted by Crippen LogP contribution is 2.39. The Balaban J connectivity index is 1.18. The molecule has 9 nitrogen and oxygen atoms in total. The molecule has 0 radical (unpaired) electrons. The van der Waals surface area contributed by atoms with Crippen LogP contribution in [-0.4, -0.2) is 73.1 Å². The quantitative estimate of drug-likeness (QED) is 0.156. The number of phenolic OH excluding ortho intramolecular Hbond substituents is 1. The number of anilines is 1. The van der Waals surface area contributed by atoms with Crippen molar-refractivity contribution in [2.45, 2.75) is 83.8 Å². The molecule has 0 saturated heterocycles. The minimum absolute atomic E-state index is 0.0436. The van der Waals surface area contributed by atoms with Crippen molar-refractivity contribution in [3.8, 4) is 11.5 Å². The zero-order valence-electron chi connectivity index (χ0n) is 26.3. The summed E-state index contributed by atoms with van der Waals surface area (Å²) >= 11 is 3.54. The van der Waals surface area contributed by atoms with Crippen LogP contribution in [0.5, 0.6) is 11.5 Å². The average molecular weight is 675 g/mol. The van der Waals surface area contributed by atoms with Crippen molar-refractivity contribution < 1.29 is 28.9 Å². The van der Waals surface area contributed by atoms with Crippen LogP contribution in [0.4, 0.5) is 10.5 Å². The second kappa shape index (κ2) is 16.5. The van der Waals surface area contributed by atoms with Crippen molar-refractivity contribution in [3.05, 3.63) is 52.0 Å². The van der Waals surface area contributed by atoms with Gasteiger partial charge in [0.2, 0.25) is 0 Å². The molecule has 0 bridgehead atoms. The molecule has 1 fully saturated rings. The zero-order valence-corrected chi connectivity index (χ0v) is 27.9. The first-order valence-corrected chi connectivity index (χ1v) is 16.7. The number of amides is 2. The van der Waals surface area contributed by atoms with Gasteiger partial charge in [0.15, 0.2) is 12.4 Å². The van der Waals surface area contributed by atoms with Crippen LogP contribution in [0, 0.1) is 5.92 Å². The lowest BCUT2D eigenvalue weighted by Gasteiger charge is -2.29. The molecule has 1 heterocycles. The molecule has 3 N–H and O–H groups in total. The van der Waals surface area contributed by atoms with Crippen molar-refractivity contribution in [2.75, 3.05) is 44.7 Å². The maximum Gasteiger partial charge on any atom is 0.410 e. The number of phenols is 1. The third-order valence-corrected chi connectivity index (χ3v) is 8.52. The highest BCUT2D eigenvalue weighted by atomic mass is 79.9. The molecular weight excluding hydrogens is 626 g/mol. The number of carbonyl (C=O) groups excluding carboxylic acids is 2. The smallest absolute Gasteiger partial charge is 0.410 e. The van der Waals surface area contributed by atoms with Gasteiger partial charge in [-0.3, -0.25) is 4.79 Å². The van der Waals surface area contributed by atoms with Gasteiger partial charge in [-0.1, -0.05) is 47.0 Å². The van der Waals surface area contributed by atoms with E-state index in [9.17, 15) is 14.7 Å². The van der Waals surface area contributed by atoms with Gasteiger partial charge in [-0.05, 0) is 101 Å². The van der Waals surface area contributed by atoms with E-state index in [2.05, 4.69) is 44.8 Å². The lowest BCUT2D eigenvalue weighted by molar-refractivity contribution is -0.118. The van der Waals surface area contributed by atoms with Crippen LogP contribution < -0.4 is 15.4 Å². The minimum atomic E-state index is -0.603. The number of ether oxygens (including phenoxy) is 3. The number of carbonyl (C=O) groups is 2. The third kappa shape index (κ3) is 11.0. The van der Waals surface area contributed by atoms with Crippen molar-refractivity contribution in [1.29, 1.82) is 0 Å². The van der Waals surface area contributed by atoms with Crippen LogP contribution >= 0.6 is 15.9 Å². The topological polar surface area (TPSA) is 109 Å². The van der Waals surface area contributed by atoms with Gasteiger partial charge in [0.1, 0.15) is 17.0 Å². The van der Waals surface area contributed by atoms with E-state index in [1.807, 2.05) is 26.8 Å². The molecule has 2 unspecified atom stereocenters. The molecule has 2 atom stereocenters. The number of fused-ring (bicyclic) bond motifs is 1. The largest absolute Gasteiger partial charge is 0.506 e. The second-order valence-electron chi connectivity index (χ2n) is 12.8. The van der Waals surface area contributed by atoms with Gasteiger partial charge in [-0.15, -0.1) is 0 Å². The minimum Gasteiger partial charge on any atom is -0.506 e. The maximum absolute atomic E-state index is 13.0. The predicted molar refractivity (Wildman–Crippen MR) is 175 cm³/mol. The van der Waals surface area contributed by atoms with E-state index in [0.717, 1.165) is 48.9 Å². The van der Waals surface area contributed by atoms with E-state index in [1.54, 1.807) is 11.0 Å². The van der Waals surface area contributed by atoms with Crippen molar-refractivity contribution in [1.82, 2.24) is 10.2 Å². The summed E-state index contributed by atoms with van der Waals surface area (Å²) < 4.78 is 18.7. The molecule has 0 aromatic heterocycles. The monoisotopic (exact) mass is 673 g/mol. The molecule has 4 rings (SSSR count). The summed E-state index contributed by atoms with van der Waals surface area (Å²) in [5.41, 5.74) is 1.78. The predicted octanol–water partition coefficient (Wildman–Crippen LogP) is 6.45. The Bertz CT molecular complexity index is 1250. The molecule has 44 heavy (non-hydrogen) atoms. The fraction of sp³-hybridized carbons (Fsp3) is 0.588. The van der Waals surface area contributed by atoms with Crippen molar-refractivity contribution in [3.63, 3.8) is 0 Å². The molecule has 242 valence electrons. The summed E-state index contributed by atoms with van der Waals surface area (Å²) in [5, 5.41) is 16.3. The highest BCUT2D eigenvalue weighted by Gasteiger charge is 2.26. The van der Waals surface area contributed by atoms with Crippen LogP contribution in [-0.2, 0) is 27.1 Å². The fourth-order valence-electron chi connectivity index (χ4n) is 5.83. The summed E-state index contributed by atoms with van der Waals surface area (Å²) in [5.74, 6) is 0.794. The number of nitrogens with zero attached hydrogens (tertiary/aromatic N) is 1. The first kappa shape index (κ1) is 34.1. The Morgan fingerprint density at radius 3 is 2.80 bits per heavy atom. The molecule has 10 heteroatoms. The molecule has 0 spiro atoms. The van der Waals surface area contributed by atoms with Crippen LogP contribution in [0.25, 0.3) is 0 Å². The standard InChI is InChI=1S/C34H48BrN3O6/c1-34(2,3)44-33(41)38(18-14-26-12-13-29(39)31-32(26)43-23-30(40)37-31)19-17-36-16-6-9-24-8-5-11-28(22-24)42-20-15-25-7-4-10-27(35)21-25/h4,7,10,12-13,21,24,28,36,39H,5-6,8-9,11,14-20,22-23H2,1-3H3,(H,37,40). The van der Waals surface area contributed by atoms with Crippen LogP contribution in [0.15, 0.2) is 40.9 Å². The Morgan fingerprint density at radius 1 is 1.16 bits per heavy atom. The van der Waals surface area contributed by atoms with Gasteiger partial charge < -0.3 is 34.9 Å². The van der Waals surface area contributed by atoms with Crippen molar-refractivity contribution in [2.24, 2.45) is 5.92 Å². The molecule has 1 aliphatic carbocycles. The Morgan fingerprint density at radius 2 is 2.00 bits per heavy atom. The summed E-state index contributed by atoms with van der Waals surface area (Å²) in [4.78, 5) is 26.5. The highest BCUT2D eigenvalue weighted by molar-refractivity contribution is 9.10. The van der Waals surface area contributed by atoms with E-state index < -0.39 is 5.60 Å². The number of rotatable bonds is 14. The Kier molecular flexibility index (Phi) is 12.8. The maximum atomic E-state index is 13.0. The van der Waals surface area contributed by atoms with E-state index in [4.69, 9.17) is 14.2 Å². The van der Waals surface area contributed by atoms with Gasteiger partial charge in [-0.2, -0.15) is 0 Å².